The number of phenols is 1. The van der Waals surface area contributed by atoms with Crippen molar-refractivity contribution in [2.45, 2.75) is 36.7 Å². The molecule has 0 aliphatic heterocycles. The van der Waals surface area contributed by atoms with E-state index in [0.29, 0.717) is 6.61 Å². The standard InChI is InChI=1S/C13H19NO4S/c15-11-5-7-13(8-6-11)19(16,17)14-9-10-18-12-3-1-2-4-12/h5-8,12,14-15H,1-4,9-10H2. The summed E-state index contributed by atoms with van der Waals surface area (Å²) in [5.41, 5.74) is 0. The van der Waals surface area contributed by atoms with Crippen LogP contribution in [-0.4, -0.2) is 32.8 Å². The Bertz CT molecular complexity index is 492. The third-order valence-electron chi connectivity index (χ3n) is 3.20. The van der Waals surface area contributed by atoms with E-state index in [9.17, 15) is 8.42 Å². The van der Waals surface area contributed by atoms with Crippen LogP contribution in [-0.2, 0) is 14.8 Å². The second kappa shape index (κ2) is 6.36. The molecule has 0 bridgehead atoms. The minimum absolute atomic E-state index is 0.0449. The van der Waals surface area contributed by atoms with Gasteiger partial charge in [0, 0.05) is 6.54 Å². The summed E-state index contributed by atoms with van der Waals surface area (Å²) in [6, 6.07) is 5.44. The average molecular weight is 285 g/mol. The summed E-state index contributed by atoms with van der Waals surface area (Å²) in [5, 5.41) is 9.12. The first-order valence-corrected chi connectivity index (χ1v) is 7.96. The highest BCUT2D eigenvalue weighted by molar-refractivity contribution is 7.89. The van der Waals surface area contributed by atoms with Gasteiger partial charge in [-0.3, -0.25) is 0 Å². The van der Waals surface area contributed by atoms with E-state index in [1.54, 1.807) is 0 Å². The normalized spacial score (nSPS) is 16.8. The van der Waals surface area contributed by atoms with E-state index in [1.165, 1.54) is 37.1 Å². The highest BCUT2D eigenvalue weighted by Crippen LogP contribution is 2.20. The number of hydrogen-bond donors (Lipinski definition) is 2. The minimum atomic E-state index is -3.51. The van der Waals surface area contributed by atoms with Crippen LogP contribution in [0.15, 0.2) is 29.2 Å². The second-order valence-electron chi connectivity index (χ2n) is 4.67. The van der Waals surface area contributed by atoms with Crippen molar-refractivity contribution in [3.63, 3.8) is 0 Å². The van der Waals surface area contributed by atoms with Crippen molar-refractivity contribution >= 4 is 10.0 Å². The van der Waals surface area contributed by atoms with Crippen molar-refractivity contribution in [3.8, 4) is 5.75 Å². The van der Waals surface area contributed by atoms with Gasteiger partial charge in [-0.2, -0.15) is 0 Å². The number of phenolic OH excluding ortho intramolecular Hbond substituents is 1. The van der Waals surface area contributed by atoms with Gasteiger partial charge in [-0.1, -0.05) is 12.8 Å². The van der Waals surface area contributed by atoms with Gasteiger partial charge >= 0.3 is 0 Å². The zero-order valence-corrected chi connectivity index (χ0v) is 11.5. The molecule has 1 saturated carbocycles. The number of ether oxygens (including phenoxy) is 1. The SMILES string of the molecule is O=S(=O)(NCCOC1CCCC1)c1ccc(O)cc1. The molecule has 1 aromatic rings. The summed E-state index contributed by atoms with van der Waals surface area (Å²) in [7, 11) is -3.51. The maximum atomic E-state index is 11.9. The zero-order valence-electron chi connectivity index (χ0n) is 10.7. The Kier molecular flexibility index (Phi) is 4.79. The van der Waals surface area contributed by atoms with Gasteiger partial charge in [0.25, 0.3) is 0 Å². The largest absolute Gasteiger partial charge is 0.508 e. The first kappa shape index (κ1) is 14.3. The molecule has 1 fully saturated rings. The molecule has 2 rings (SSSR count). The third-order valence-corrected chi connectivity index (χ3v) is 4.67. The van der Waals surface area contributed by atoms with Crippen molar-refractivity contribution in [3.05, 3.63) is 24.3 Å². The van der Waals surface area contributed by atoms with Crippen molar-refractivity contribution < 1.29 is 18.3 Å². The summed E-state index contributed by atoms with van der Waals surface area (Å²) in [6.45, 7) is 0.654. The van der Waals surface area contributed by atoms with Crippen LogP contribution in [0, 0.1) is 0 Å². The zero-order chi connectivity index (χ0) is 13.7. The summed E-state index contributed by atoms with van der Waals surface area (Å²) in [5.74, 6) is 0.0449. The van der Waals surface area contributed by atoms with E-state index < -0.39 is 10.0 Å². The topological polar surface area (TPSA) is 75.6 Å². The van der Waals surface area contributed by atoms with Crippen LogP contribution in [0.5, 0.6) is 5.75 Å². The molecule has 0 saturated heterocycles. The monoisotopic (exact) mass is 285 g/mol. The highest BCUT2D eigenvalue weighted by atomic mass is 32.2. The molecule has 0 spiro atoms. The van der Waals surface area contributed by atoms with Crippen LogP contribution in [0.3, 0.4) is 0 Å². The number of nitrogens with one attached hydrogen (secondary N) is 1. The molecule has 106 valence electrons. The molecule has 0 amide bonds. The molecule has 2 N–H and O–H groups in total. The summed E-state index contributed by atoms with van der Waals surface area (Å²) in [4.78, 5) is 0.145. The number of sulfonamides is 1. The van der Waals surface area contributed by atoms with E-state index in [0.717, 1.165) is 12.8 Å². The summed E-state index contributed by atoms with van der Waals surface area (Å²) >= 11 is 0. The molecule has 0 heterocycles. The van der Waals surface area contributed by atoms with Crippen LogP contribution < -0.4 is 4.72 Å². The molecule has 0 atom stereocenters. The van der Waals surface area contributed by atoms with E-state index in [1.807, 2.05) is 0 Å². The number of aromatic hydroxyl groups is 1. The van der Waals surface area contributed by atoms with Gasteiger partial charge in [-0.05, 0) is 37.1 Å². The Balaban J connectivity index is 1.79. The van der Waals surface area contributed by atoms with Gasteiger partial charge in [-0.15, -0.1) is 0 Å². The van der Waals surface area contributed by atoms with Gasteiger partial charge in [0.2, 0.25) is 10.0 Å². The lowest BCUT2D eigenvalue weighted by atomic mass is 10.3. The minimum Gasteiger partial charge on any atom is -0.508 e. The molecule has 19 heavy (non-hydrogen) atoms. The molecule has 5 nitrogen and oxygen atoms in total. The average Bonchev–Trinajstić information content (AvgIpc) is 2.88. The van der Waals surface area contributed by atoms with Crippen molar-refractivity contribution in [1.82, 2.24) is 4.72 Å². The fourth-order valence-corrected chi connectivity index (χ4v) is 3.18. The van der Waals surface area contributed by atoms with Crippen LogP contribution in [0.2, 0.25) is 0 Å². The van der Waals surface area contributed by atoms with Gasteiger partial charge in [0.15, 0.2) is 0 Å². The highest BCUT2D eigenvalue weighted by Gasteiger charge is 2.16. The Morgan fingerprint density at radius 2 is 1.84 bits per heavy atom. The fraction of sp³-hybridized carbons (Fsp3) is 0.538. The van der Waals surface area contributed by atoms with Gasteiger partial charge in [-0.25, -0.2) is 13.1 Å². The van der Waals surface area contributed by atoms with Crippen LogP contribution in [0.25, 0.3) is 0 Å². The fourth-order valence-electron chi connectivity index (χ4n) is 2.17. The first-order valence-electron chi connectivity index (χ1n) is 6.48. The molecule has 1 aromatic carbocycles. The lowest BCUT2D eigenvalue weighted by molar-refractivity contribution is 0.0626. The molecular weight excluding hydrogens is 266 g/mol. The lowest BCUT2D eigenvalue weighted by Gasteiger charge is -2.11. The summed E-state index contributed by atoms with van der Waals surface area (Å²) < 4.78 is 31.9. The summed E-state index contributed by atoms with van der Waals surface area (Å²) in [6.07, 6.45) is 4.83. The molecule has 0 unspecified atom stereocenters. The molecular formula is C13H19NO4S. The lowest BCUT2D eigenvalue weighted by Crippen LogP contribution is -2.28. The smallest absolute Gasteiger partial charge is 0.240 e. The number of benzene rings is 1. The van der Waals surface area contributed by atoms with Crippen LogP contribution in [0.1, 0.15) is 25.7 Å². The maximum absolute atomic E-state index is 11.9. The molecule has 0 radical (unpaired) electrons. The van der Waals surface area contributed by atoms with Crippen molar-refractivity contribution in [1.29, 1.82) is 0 Å². The number of rotatable bonds is 6. The van der Waals surface area contributed by atoms with Crippen LogP contribution in [0.4, 0.5) is 0 Å². The first-order chi connectivity index (χ1) is 9.08. The molecule has 0 aromatic heterocycles. The van der Waals surface area contributed by atoms with Gasteiger partial charge in [0.05, 0.1) is 17.6 Å². The Hall–Kier alpha value is -1.11. The van der Waals surface area contributed by atoms with E-state index in [4.69, 9.17) is 9.84 Å². The maximum Gasteiger partial charge on any atom is 0.240 e. The van der Waals surface area contributed by atoms with E-state index in [-0.39, 0.29) is 23.3 Å². The Morgan fingerprint density at radius 3 is 2.47 bits per heavy atom. The molecule has 6 heteroatoms. The van der Waals surface area contributed by atoms with Gasteiger partial charge in [0.1, 0.15) is 5.75 Å². The van der Waals surface area contributed by atoms with Crippen LogP contribution >= 0.6 is 0 Å². The van der Waals surface area contributed by atoms with E-state index >= 15 is 0 Å². The predicted octanol–water partition coefficient (Wildman–Crippen LogP) is 1.63. The predicted molar refractivity (Wildman–Crippen MR) is 71.5 cm³/mol. The second-order valence-corrected chi connectivity index (χ2v) is 6.44. The quantitative estimate of drug-likeness (QED) is 0.779. The number of hydrogen-bond acceptors (Lipinski definition) is 4. The Labute approximate surface area is 113 Å². The van der Waals surface area contributed by atoms with Crippen molar-refractivity contribution in [2.75, 3.05) is 13.2 Å². The third kappa shape index (κ3) is 4.19. The Morgan fingerprint density at radius 1 is 1.21 bits per heavy atom. The molecule has 1 aliphatic rings. The van der Waals surface area contributed by atoms with E-state index in [2.05, 4.69) is 4.72 Å². The van der Waals surface area contributed by atoms with Crippen molar-refractivity contribution in [2.24, 2.45) is 0 Å². The molecule has 1 aliphatic carbocycles. The van der Waals surface area contributed by atoms with Gasteiger partial charge < -0.3 is 9.84 Å².